The number of halogens is 1. The molecular formula is C12H17FN2. The molecule has 1 aliphatic rings. The molecule has 15 heavy (non-hydrogen) atoms. The Morgan fingerprint density at radius 1 is 1.27 bits per heavy atom. The minimum absolute atomic E-state index is 0.166. The van der Waals surface area contributed by atoms with E-state index in [0.717, 1.165) is 19.6 Å². The zero-order valence-corrected chi connectivity index (χ0v) is 8.96. The van der Waals surface area contributed by atoms with Crippen molar-refractivity contribution in [1.82, 2.24) is 10.6 Å². The van der Waals surface area contributed by atoms with E-state index in [1.807, 2.05) is 12.1 Å². The fourth-order valence-electron chi connectivity index (χ4n) is 2.03. The monoisotopic (exact) mass is 208 g/mol. The summed E-state index contributed by atoms with van der Waals surface area (Å²) in [5.74, 6) is 0.249. The molecule has 1 fully saturated rings. The highest BCUT2D eigenvalue weighted by Crippen LogP contribution is 2.19. The first-order chi connectivity index (χ1) is 7.27. The Labute approximate surface area is 89.9 Å². The van der Waals surface area contributed by atoms with Crippen molar-refractivity contribution in [3.63, 3.8) is 0 Å². The first-order valence-electron chi connectivity index (χ1n) is 5.47. The van der Waals surface area contributed by atoms with Crippen molar-refractivity contribution in [3.05, 3.63) is 35.6 Å². The van der Waals surface area contributed by atoms with Crippen LogP contribution in [0.2, 0.25) is 0 Å². The highest BCUT2D eigenvalue weighted by molar-refractivity contribution is 5.21. The molecular weight excluding hydrogens is 191 g/mol. The van der Waals surface area contributed by atoms with Gasteiger partial charge in [-0.2, -0.15) is 0 Å². The maximum absolute atomic E-state index is 12.8. The standard InChI is InChI=1S/C12H17FN2/c1-9(12-8-14-6-7-15-12)10-2-4-11(13)5-3-10/h2-5,9,12,14-15H,6-8H2,1H3/t9?,12-/m1/s1. The lowest BCUT2D eigenvalue weighted by atomic mass is 9.92. The molecule has 0 aromatic heterocycles. The van der Waals surface area contributed by atoms with Crippen LogP contribution >= 0.6 is 0 Å². The van der Waals surface area contributed by atoms with Gasteiger partial charge in [0.25, 0.3) is 0 Å². The summed E-state index contributed by atoms with van der Waals surface area (Å²) in [6.07, 6.45) is 0. The van der Waals surface area contributed by atoms with Crippen molar-refractivity contribution < 1.29 is 4.39 Å². The van der Waals surface area contributed by atoms with Crippen molar-refractivity contribution >= 4 is 0 Å². The molecule has 0 saturated carbocycles. The highest BCUT2D eigenvalue weighted by Gasteiger charge is 2.20. The predicted octanol–water partition coefficient (Wildman–Crippen LogP) is 1.49. The maximum atomic E-state index is 12.8. The molecule has 0 spiro atoms. The molecule has 0 amide bonds. The van der Waals surface area contributed by atoms with Crippen molar-refractivity contribution in [2.75, 3.05) is 19.6 Å². The van der Waals surface area contributed by atoms with E-state index in [1.54, 1.807) is 0 Å². The number of benzene rings is 1. The van der Waals surface area contributed by atoms with Crippen LogP contribution in [0, 0.1) is 5.82 Å². The lowest BCUT2D eigenvalue weighted by molar-refractivity contribution is 0.378. The Balaban J connectivity index is 2.05. The number of rotatable bonds is 2. The Hall–Kier alpha value is -0.930. The fourth-order valence-corrected chi connectivity index (χ4v) is 2.03. The second kappa shape index (κ2) is 4.73. The van der Waals surface area contributed by atoms with E-state index in [4.69, 9.17) is 0 Å². The summed E-state index contributed by atoms with van der Waals surface area (Å²) >= 11 is 0. The fraction of sp³-hybridized carbons (Fsp3) is 0.500. The van der Waals surface area contributed by atoms with Gasteiger partial charge in [0.1, 0.15) is 5.82 Å². The maximum Gasteiger partial charge on any atom is 0.123 e. The average Bonchev–Trinajstić information content (AvgIpc) is 2.30. The summed E-state index contributed by atoms with van der Waals surface area (Å²) in [6, 6.07) is 7.25. The number of piperazine rings is 1. The van der Waals surface area contributed by atoms with Gasteiger partial charge in [0.15, 0.2) is 0 Å². The Bertz CT molecular complexity index is 304. The van der Waals surface area contributed by atoms with E-state index in [2.05, 4.69) is 17.6 Å². The minimum Gasteiger partial charge on any atom is -0.314 e. The number of hydrogen-bond donors (Lipinski definition) is 2. The largest absolute Gasteiger partial charge is 0.314 e. The second-order valence-electron chi connectivity index (χ2n) is 4.10. The lowest BCUT2D eigenvalue weighted by Crippen LogP contribution is -2.50. The molecule has 1 aromatic rings. The molecule has 2 nitrogen and oxygen atoms in total. The zero-order chi connectivity index (χ0) is 10.7. The van der Waals surface area contributed by atoms with Crippen LogP contribution in [-0.2, 0) is 0 Å². The van der Waals surface area contributed by atoms with E-state index >= 15 is 0 Å². The van der Waals surface area contributed by atoms with Gasteiger partial charge in [0.2, 0.25) is 0 Å². The summed E-state index contributed by atoms with van der Waals surface area (Å²) in [4.78, 5) is 0. The molecule has 1 unspecified atom stereocenters. The third kappa shape index (κ3) is 2.55. The van der Waals surface area contributed by atoms with Crippen LogP contribution in [0.4, 0.5) is 4.39 Å². The minimum atomic E-state index is -0.166. The van der Waals surface area contributed by atoms with Crippen LogP contribution in [0.5, 0.6) is 0 Å². The summed E-state index contributed by atoms with van der Waals surface area (Å²) < 4.78 is 12.8. The van der Waals surface area contributed by atoms with Gasteiger partial charge in [-0.25, -0.2) is 4.39 Å². The van der Waals surface area contributed by atoms with Crippen LogP contribution in [0.3, 0.4) is 0 Å². The smallest absolute Gasteiger partial charge is 0.123 e. The van der Waals surface area contributed by atoms with Crippen LogP contribution < -0.4 is 10.6 Å². The second-order valence-corrected chi connectivity index (χ2v) is 4.10. The zero-order valence-electron chi connectivity index (χ0n) is 8.96. The molecule has 1 aliphatic heterocycles. The molecule has 1 saturated heterocycles. The molecule has 0 radical (unpaired) electrons. The summed E-state index contributed by atoms with van der Waals surface area (Å²) in [5.41, 5.74) is 1.19. The lowest BCUT2D eigenvalue weighted by Gasteiger charge is -2.30. The highest BCUT2D eigenvalue weighted by atomic mass is 19.1. The van der Waals surface area contributed by atoms with Gasteiger partial charge in [-0.05, 0) is 23.6 Å². The van der Waals surface area contributed by atoms with E-state index in [-0.39, 0.29) is 5.82 Å². The van der Waals surface area contributed by atoms with E-state index in [0.29, 0.717) is 12.0 Å². The topological polar surface area (TPSA) is 24.1 Å². The first kappa shape index (κ1) is 10.6. The van der Waals surface area contributed by atoms with Crippen molar-refractivity contribution in [2.24, 2.45) is 0 Å². The molecule has 1 aromatic carbocycles. The van der Waals surface area contributed by atoms with Gasteiger partial charge in [-0.3, -0.25) is 0 Å². The van der Waals surface area contributed by atoms with Crippen molar-refractivity contribution in [1.29, 1.82) is 0 Å². The van der Waals surface area contributed by atoms with E-state index < -0.39 is 0 Å². The molecule has 2 atom stereocenters. The van der Waals surface area contributed by atoms with E-state index in [1.165, 1.54) is 17.7 Å². The predicted molar refractivity (Wildman–Crippen MR) is 59.5 cm³/mol. The molecule has 82 valence electrons. The molecule has 2 rings (SSSR count). The van der Waals surface area contributed by atoms with Gasteiger partial charge >= 0.3 is 0 Å². The van der Waals surface area contributed by atoms with Gasteiger partial charge in [0, 0.05) is 25.7 Å². The molecule has 0 bridgehead atoms. The summed E-state index contributed by atoms with van der Waals surface area (Å²) in [6.45, 7) is 5.21. The third-order valence-corrected chi connectivity index (χ3v) is 3.07. The van der Waals surface area contributed by atoms with Crippen LogP contribution in [0.15, 0.2) is 24.3 Å². The van der Waals surface area contributed by atoms with Gasteiger partial charge in [-0.15, -0.1) is 0 Å². The average molecular weight is 208 g/mol. The number of nitrogens with one attached hydrogen (secondary N) is 2. The van der Waals surface area contributed by atoms with Crippen LogP contribution in [-0.4, -0.2) is 25.7 Å². The molecule has 1 heterocycles. The van der Waals surface area contributed by atoms with Gasteiger partial charge in [0.05, 0.1) is 0 Å². The Morgan fingerprint density at radius 3 is 2.60 bits per heavy atom. The van der Waals surface area contributed by atoms with Crippen molar-refractivity contribution in [2.45, 2.75) is 18.9 Å². The van der Waals surface area contributed by atoms with Crippen LogP contribution in [0.1, 0.15) is 18.4 Å². The third-order valence-electron chi connectivity index (χ3n) is 3.07. The van der Waals surface area contributed by atoms with Gasteiger partial charge in [-0.1, -0.05) is 19.1 Å². The van der Waals surface area contributed by atoms with Crippen molar-refractivity contribution in [3.8, 4) is 0 Å². The normalized spacial score (nSPS) is 23.7. The van der Waals surface area contributed by atoms with E-state index in [9.17, 15) is 4.39 Å². The Kier molecular flexibility index (Phi) is 3.34. The quantitative estimate of drug-likeness (QED) is 0.769. The Morgan fingerprint density at radius 2 is 2.00 bits per heavy atom. The summed E-state index contributed by atoms with van der Waals surface area (Å²) in [7, 11) is 0. The number of hydrogen-bond acceptors (Lipinski definition) is 2. The van der Waals surface area contributed by atoms with Gasteiger partial charge < -0.3 is 10.6 Å². The SMILES string of the molecule is CC(c1ccc(F)cc1)[C@H]1CNCCN1. The summed E-state index contributed by atoms with van der Waals surface area (Å²) in [5, 5.41) is 6.84. The molecule has 3 heteroatoms. The molecule has 0 aliphatic carbocycles. The first-order valence-corrected chi connectivity index (χ1v) is 5.47. The van der Waals surface area contributed by atoms with Crippen LogP contribution in [0.25, 0.3) is 0 Å². The molecule has 2 N–H and O–H groups in total.